The molecule has 0 unspecified atom stereocenters. The molecule has 0 aliphatic rings. The number of anilines is 1. The lowest BCUT2D eigenvalue weighted by Crippen LogP contribution is -2.14. The molecular weight excluding hydrogens is 444 g/mol. The highest BCUT2D eigenvalue weighted by atomic mass is 35.5. The van der Waals surface area contributed by atoms with Crippen molar-refractivity contribution in [2.75, 3.05) is 26.6 Å². The second kappa shape index (κ2) is 9.62. The molecule has 1 N–H and O–H groups in total. The molecule has 0 spiro atoms. The second-order valence-corrected chi connectivity index (χ2v) is 7.31. The van der Waals surface area contributed by atoms with Crippen LogP contribution in [0.5, 0.6) is 17.2 Å². The van der Waals surface area contributed by atoms with E-state index in [1.807, 2.05) is 36.4 Å². The zero-order valence-corrected chi connectivity index (χ0v) is 19.0. The normalized spacial score (nSPS) is 10.5. The number of ether oxygens (including phenoxy) is 3. The van der Waals surface area contributed by atoms with Gasteiger partial charge in [0.2, 0.25) is 0 Å². The first kappa shape index (κ1) is 22.2. The molecule has 0 fully saturated rings. The van der Waals surface area contributed by atoms with Crippen LogP contribution < -0.4 is 19.5 Å². The van der Waals surface area contributed by atoms with Crippen molar-refractivity contribution in [3.05, 3.63) is 77.7 Å². The molecule has 0 saturated carbocycles. The van der Waals surface area contributed by atoms with Gasteiger partial charge in [0.05, 0.1) is 43.4 Å². The smallest absolute Gasteiger partial charge is 0.276 e. The van der Waals surface area contributed by atoms with Crippen LogP contribution in [0.15, 0.2) is 67.0 Å². The molecule has 1 amide bonds. The fourth-order valence-electron chi connectivity index (χ4n) is 3.28. The maximum Gasteiger partial charge on any atom is 0.276 e. The van der Waals surface area contributed by atoms with Crippen molar-refractivity contribution in [3.63, 3.8) is 0 Å². The van der Waals surface area contributed by atoms with Crippen LogP contribution in [0.4, 0.5) is 5.69 Å². The molecule has 4 aromatic rings. The van der Waals surface area contributed by atoms with Gasteiger partial charge in [-0.05, 0) is 48.5 Å². The van der Waals surface area contributed by atoms with Crippen molar-refractivity contribution in [1.82, 2.24) is 14.8 Å². The molecule has 168 valence electrons. The van der Waals surface area contributed by atoms with Crippen LogP contribution in [0.3, 0.4) is 0 Å². The van der Waals surface area contributed by atoms with Gasteiger partial charge in [-0.1, -0.05) is 11.6 Å². The topological polar surface area (TPSA) is 87.5 Å². The number of hydrogen-bond acceptors (Lipinski definition) is 6. The van der Waals surface area contributed by atoms with Crippen LogP contribution in [-0.4, -0.2) is 42.0 Å². The standard InChI is InChI=1S/C24H21ClN4O4/c1-31-17-8-6-16(7-9-17)29-21(15-5-4-10-26-14-15)12-20(28-29)24(30)27-19-11-18(25)22(32-2)13-23(19)33-3/h4-14H,1-3H3,(H,27,30). The average molecular weight is 465 g/mol. The molecule has 2 aromatic heterocycles. The number of aromatic nitrogens is 3. The summed E-state index contributed by atoms with van der Waals surface area (Å²) in [6.07, 6.45) is 3.40. The van der Waals surface area contributed by atoms with Gasteiger partial charge in [0.25, 0.3) is 5.91 Å². The van der Waals surface area contributed by atoms with E-state index in [0.717, 1.165) is 17.0 Å². The Morgan fingerprint density at radius 1 is 0.970 bits per heavy atom. The molecule has 9 heteroatoms. The van der Waals surface area contributed by atoms with Gasteiger partial charge in [-0.2, -0.15) is 5.10 Å². The molecule has 0 aliphatic carbocycles. The van der Waals surface area contributed by atoms with E-state index in [9.17, 15) is 4.79 Å². The fraction of sp³-hybridized carbons (Fsp3) is 0.125. The van der Waals surface area contributed by atoms with E-state index in [4.69, 9.17) is 25.8 Å². The molecule has 0 saturated heterocycles. The van der Waals surface area contributed by atoms with Crippen LogP contribution >= 0.6 is 11.6 Å². The Bertz CT molecular complexity index is 1270. The summed E-state index contributed by atoms with van der Waals surface area (Å²) in [6, 6.07) is 16.0. The number of benzene rings is 2. The predicted molar refractivity (Wildman–Crippen MR) is 126 cm³/mol. The van der Waals surface area contributed by atoms with Gasteiger partial charge < -0.3 is 19.5 Å². The van der Waals surface area contributed by atoms with E-state index in [-0.39, 0.29) is 5.69 Å². The SMILES string of the molecule is COc1ccc(-n2nc(C(=O)Nc3cc(Cl)c(OC)cc3OC)cc2-c2cccnc2)cc1. The third-order valence-corrected chi connectivity index (χ3v) is 5.23. The summed E-state index contributed by atoms with van der Waals surface area (Å²) >= 11 is 6.23. The third kappa shape index (κ3) is 4.61. The van der Waals surface area contributed by atoms with Gasteiger partial charge in [0.15, 0.2) is 5.69 Å². The van der Waals surface area contributed by atoms with Crippen molar-refractivity contribution >= 4 is 23.2 Å². The molecule has 0 aliphatic heterocycles. The number of pyridine rings is 1. The van der Waals surface area contributed by atoms with Crippen molar-refractivity contribution in [1.29, 1.82) is 0 Å². The molecular formula is C24H21ClN4O4. The summed E-state index contributed by atoms with van der Waals surface area (Å²) in [5.74, 6) is 1.14. The quantitative estimate of drug-likeness (QED) is 0.420. The molecule has 8 nitrogen and oxygen atoms in total. The molecule has 2 aromatic carbocycles. The summed E-state index contributed by atoms with van der Waals surface area (Å²) < 4.78 is 17.5. The number of rotatable bonds is 7. The zero-order chi connectivity index (χ0) is 23.4. The molecule has 0 radical (unpaired) electrons. The minimum Gasteiger partial charge on any atom is -0.497 e. The van der Waals surface area contributed by atoms with Gasteiger partial charge in [0.1, 0.15) is 17.2 Å². The van der Waals surface area contributed by atoms with E-state index >= 15 is 0 Å². The van der Waals surface area contributed by atoms with Gasteiger partial charge in [-0.25, -0.2) is 4.68 Å². The van der Waals surface area contributed by atoms with Crippen LogP contribution in [0.1, 0.15) is 10.5 Å². The van der Waals surface area contributed by atoms with Gasteiger partial charge in [0, 0.05) is 24.0 Å². The Hall–Kier alpha value is -4.04. The second-order valence-electron chi connectivity index (χ2n) is 6.91. The summed E-state index contributed by atoms with van der Waals surface area (Å²) in [4.78, 5) is 17.3. The van der Waals surface area contributed by atoms with E-state index < -0.39 is 5.91 Å². The maximum atomic E-state index is 13.1. The number of carbonyl (C=O) groups excluding carboxylic acids is 1. The predicted octanol–water partition coefficient (Wildman–Crippen LogP) is 4.87. The number of nitrogens with one attached hydrogen (secondary N) is 1. The molecule has 2 heterocycles. The summed E-state index contributed by atoms with van der Waals surface area (Å²) in [5, 5.41) is 7.71. The zero-order valence-electron chi connectivity index (χ0n) is 18.2. The van der Waals surface area contributed by atoms with Crippen molar-refractivity contribution in [3.8, 4) is 34.2 Å². The first-order valence-electron chi connectivity index (χ1n) is 9.91. The number of carbonyl (C=O) groups is 1. The van der Waals surface area contributed by atoms with Gasteiger partial charge in [-0.3, -0.25) is 9.78 Å². The summed E-state index contributed by atoms with van der Waals surface area (Å²) in [5.41, 5.74) is 2.88. The van der Waals surface area contributed by atoms with E-state index in [1.54, 1.807) is 42.4 Å². The minimum atomic E-state index is -0.424. The Balaban J connectivity index is 1.73. The lowest BCUT2D eigenvalue weighted by Gasteiger charge is -2.12. The Morgan fingerprint density at radius 3 is 2.36 bits per heavy atom. The fourth-order valence-corrected chi connectivity index (χ4v) is 3.52. The molecule has 33 heavy (non-hydrogen) atoms. The Kier molecular flexibility index (Phi) is 6.46. The van der Waals surface area contributed by atoms with Crippen molar-refractivity contribution < 1.29 is 19.0 Å². The lowest BCUT2D eigenvalue weighted by molar-refractivity contribution is 0.102. The highest BCUT2D eigenvalue weighted by molar-refractivity contribution is 6.32. The minimum absolute atomic E-state index is 0.207. The number of hydrogen-bond donors (Lipinski definition) is 1. The summed E-state index contributed by atoms with van der Waals surface area (Å²) in [7, 11) is 4.61. The van der Waals surface area contributed by atoms with Crippen LogP contribution in [-0.2, 0) is 0 Å². The van der Waals surface area contributed by atoms with E-state index in [2.05, 4.69) is 15.4 Å². The first-order valence-corrected chi connectivity index (χ1v) is 10.3. The maximum absolute atomic E-state index is 13.1. The molecule has 4 rings (SSSR count). The van der Waals surface area contributed by atoms with Gasteiger partial charge >= 0.3 is 0 Å². The summed E-state index contributed by atoms with van der Waals surface area (Å²) in [6.45, 7) is 0. The van der Waals surface area contributed by atoms with E-state index in [0.29, 0.717) is 27.9 Å². The lowest BCUT2D eigenvalue weighted by atomic mass is 10.2. The van der Waals surface area contributed by atoms with Crippen molar-refractivity contribution in [2.24, 2.45) is 0 Å². The largest absolute Gasteiger partial charge is 0.497 e. The molecule has 0 bridgehead atoms. The molecule has 0 atom stereocenters. The van der Waals surface area contributed by atoms with E-state index in [1.165, 1.54) is 14.2 Å². The highest BCUT2D eigenvalue weighted by Crippen LogP contribution is 2.36. The van der Waals surface area contributed by atoms with Crippen LogP contribution in [0, 0.1) is 0 Å². The first-order chi connectivity index (χ1) is 16.0. The Morgan fingerprint density at radius 2 is 1.73 bits per heavy atom. The number of halogens is 1. The third-order valence-electron chi connectivity index (χ3n) is 4.94. The number of amides is 1. The van der Waals surface area contributed by atoms with Crippen LogP contribution in [0.25, 0.3) is 16.9 Å². The highest BCUT2D eigenvalue weighted by Gasteiger charge is 2.19. The average Bonchev–Trinajstić information content (AvgIpc) is 3.30. The van der Waals surface area contributed by atoms with Crippen molar-refractivity contribution in [2.45, 2.75) is 0 Å². The van der Waals surface area contributed by atoms with Crippen LogP contribution in [0.2, 0.25) is 5.02 Å². The number of methoxy groups -OCH3 is 3. The van der Waals surface area contributed by atoms with Gasteiger partial charge in [-0.15, -0.1) is 0 Å². The Labute approximate surface area is 195 Å². The monoisotopic (exact) mass is 464 g/mol. The number of nitrogens with zero attached hydrogens (tertiary/aromatic N) is 3.